The zero-order valence-electron chi connectivity index (χ0n) is 12.5. The van der Waals surface area contributed by atoms with Crippen LogP contribution in [0.5, 0.6) is 0 Å². The van der Waals surface area contributed by atoms with Gasteiger partial charge in [0, 0.05) is 11.2 Å². The highest BCUT2D eigenvalue weighted by Gasteiger charge is 2.39. The van der Waals surface area contributed by atoms with Crippen LogP contribution in [0.2, 0.25) is 0 Å². The van der Waals surface area contributed by atoms with Crippen LogP contribution in [0.1, 0.15) is 24.8 Å². The van der Waals surface area contributed by atoms with E-state index >= 15 is 0 Å². The topological polar surface area (TPSA) is 3.24 Å². The number of thiophene rings is 1. The SMILES string of the molecule is CN(C)CC1=C(c2ccc3sc(F)cc3c2)C2CCC1C2. The van der Waals surface area contributed by atoms with Gasteiger partial charge in [-0.1, -0.05) is 6.07 Å². The van der Waals surface area contributed by atoms with Crippen molar-refractivity contribution in [3.8, 4) is 0 Å². The first-order valence-electron chi connectivity index (χ1n) is 7.69. The monoisotopic (exact) mass is 301 g/mol. The second-order valence-electron chi connectivity index (χ2n) is 6.69. The second kappa shape index (κ2) is 4.92. The van der Waals surface area contributed by atoms with Gasteiger partial charge < -0.3 is 4.90 Å². The third-order valence-electron chi connectivity index (χ3n) is 4.96. The number of allylic oxidation sites excluding steroid dienone is 1. The van der Waals surface area contributed by atoms with Crippen molar-refractivity contribution >= 4 is 27.0 Å². The predicted molar refractivity (Wildman–Crippen MR) is 88.1 cm³/mol. The first-order chi connectivity index (χ1) is 10.1. The lowest BCUT2D eigenvalue weighted by Gasteiger charge is -2.23. The molecule has 1 saturated carbocycles. The van der Waals surface area contributed by atoms with Crippen LogP contribution in [0, 0.1) is 17.0 Å². The molecule has 1 aromatic heterocycles. The molecule has 1 nitrogen and oxygen atoms in total. The molecule has 0 aliphatic heterocycles. The maximum Gasteiger partial charge on any atom is 0.177 e. The van der Waals surface area contributed by atoms with Gasteiger partial charge in [0.05, 0.1) is 0 Å². The molecule has 2 atom stereocenters. The van der Waals surface area contributed by atoms with E-state index < -0.39 is 0 Å². The third kappa shape index (κ3) is 2.23. The van der Waals surface area contributed by atoms with E-state index in [1.165, 1.54) is 36.2 Å². The number of fused-ring (bicyclic) bond motifs is 3. The minimum atomic E-state index is -0.0856. The number of benzene rings is 1. The lowest BCUT2D eigenvalue weighted by atomic mass is 9.87. The first-order valence-corrected chi connectivity index (χ1v) is 8.50. The highest BCUT2D eigenvalue weighted by atomic mass is 32.1. The van der Waals surface area contributed by atoms with Gasteiger partial charge in [0.25, 0.3) is 0 Å². The van der Waals surface area contributed by atoms with E-state index in [9.17, 15) is 4.39 Å². The smallest absolute Gasteiger partial charge is 0.177 e. The molecular weight excluding hydrogens is 281 g/mol. The summed E-state index contributed by atoms with van der Waals surface area (Å²) in [4.78, 5) is 2.28. The summed E-state index contributed by atoms with van der Waals surface area (Å²) >= 11 is 1.24. The molecule has 2 aromatic rings. The van der Waals surface area contributed by atoms with Crippen LogP contribution in [0.25, 0.3) is 15.7 Å². The summed E-state index contributed by atoms with van der Waals surface area (Å²) < 4.78 is 14.5. The number of hydrogen-bond donors (Lipinski definition) is 0. The van der Waals surface area contributed by atoms with E-state index in [-0.39, 0.29) is 5.13 Å². The Morgan fingerprint density at radius 1 is 1.19 bits per heavy atom. The van der Waals surface area contributed by atoms with Gasteiger partial charge in [-0.3, -0.25) is 0 Å². The lowest BCUT2D eigenvalue weighted by molar-refractivity contribution is 0.423. The summed E-state index contributed by atoms with van der Waals surface area (Å²) in [6, 6.07) is 8.15. The van der Waals surface area contributed by atoms with Crippen LogP contribution in [-0.4, -0.2) is 25.5 Å². The van der Waals surface area contributed by atoms with Gasteiger partial charge in [0.15, 0.2) is 5.13 Å². The average molecular weight is 301 g/mol. The Morgan fingerprint density at radius 3 is 2.81 bits per heavy atom. The maximum absolute atomic E-state index is 13.4. The summed E-state index contributed by atoms with van der Waals surface area (Å²) in [7, 11) is 4.29. The molecule has 1 aromatic carbocycles. The van der Waals surface area contributed by atoms with Crippen molar-refractivity contribution in [2.75, 3.05) is 20.6 Å². The van der Waals surface area contributed by atoms with Crippen LogP contribution in [0.4, 0.5) is 4.39 Å². The van der Waals surface area contributed by atoms with E-state index in [0.717, 1.165) is 28.5 Å². The molecule has 21 heavy (non-hydrogen) atoms. The van der Waals surface area contributed by atoms with Crippen LogP contribution in [-0.2, 0) is 0 Å². The number of nitrogens with zero attached hydrogens (tertiary/aromatic N) is 1. The van der Waals surface area contributed by atoms with Crippen molar-refractivity contribution in [3.63, 3.8) is 0 Å². The van der Waals surface area contributed by atoms with Crippen LogP contribution < -0.4 is 0 Å². The van der Waals surface area contributed by atoms with Crippen molar-refractivity contribution in [1.82, 2.24) is 4.90 Å². The molecule has 0 amide bonds. The molecule has 0 spiro atoms. The number of hydrogen-bond acceptors (Lipinski definition) is 2. The number of rotatable bonds is 3. The molecule has 3 heteroatoms. The van der Waals surface area contributed by atoms with Crippen molar-refractivity contribution in [1.29, 1.82) is 0 Å². The molecule has 2 unspecified atom stereocenters. The van der Waals surface area contributed by atoms with Crippen LogP contribution in [0.3, 0.4) is 0 Å². The summed E-state index contributed by atoms with van der Waals surface area (Å²) in [5.74, 6) is 1.51. The van der Waals surface area contributed by atoms with E-state index in [2.05, 4.69) is 37.2 Å². The molecule has 0 N–H and O–H groups in total. The normalized spacial score (nSPS) is 24.8. The van der Waals surface area contributed by atoms with Crippen molar-refractivity contribution in [2.24, 2.45) is 11.8 Å². The van der Waals surface area contributed by atoms with Crippen molar-refractivity contribution in [3.05, 3.63) is 40.5 Å². The summed E-state index contributed by atoms with van der Waals surface area (Å²) in [5, 5.41) is 0.965. The number of likely N-dealkylation sites (N-methyl/N-ethyl adjacent to an activating group) is 1. The van der Waals surface area contributed by atoms with Gasteiger partial charge in [-0.05, 0) is 85.5 Å². The molecule has 4 rings (SSSR count). The Balaban J connectivity index is 1.82. The van der Waals surface area contributed by atoms with Gasteiger partial charge in [0.1, 0.15) is 0 Å². The van der Waals surface area contributed by atoms with E-state index in [0.29, 0.717) is 0 Å². The zero-order chi connectivity index (χ0) is 14.6. The van der Waals surface area contributed by atoms with E-state index in [1.54, 1.807) is 17.2 Å². The number of halogens is 1. The Hall–Kier alpha value is -1.19. The molecule has 110 valence electrons. The molecule has 2 aliphatic rings. The maximum atomic E-state index is 13.4. The lowest BCUT2D eigenvalue weighted by Crippen LogP contribution is -2.19. The fourth-order valence-electron chi connectivity index (χ4n) is 4.20. The fraction of sp³-hybridized carbons (Fsp3) is 0.444. The Labute approximate surface area is 129 Å². The molecule has 0 saturated heterocycles. The minimum Gasteiger partial charge on any atom is -0.305 e. The molecular formula is C18H20FNS. The molecule has 0 radical (unpaired) electrons. The molecule has 2 bridgehead atoms. The quantitative estimate of drug-likeness (QED) is 0.788. The van der Waals surface area contributed by atoms with Crippen molar-refractivity contribution in [2.45, 2.75) is 19.3 Å². The third-order valence-corrected chi connectivity index (χ3v) is 5.87. The summed E-state index contributed by atoms with van der Waals surface area (Å²) in [5.41, 5.74) is 4.52. The molecule has 1 heterocycles. The van der Waals surface area contributed by atoms with Crippen LogP contribution in [0.15, 0.2) is 29.8 Å². The van der Waals surface area contributed by atoms with E-state index in [4.69, 9.17) is 0 Å². The minimum absolute atomic E-state index is 0.0856. The highest BCUT2D eigenvalue weighted by molar-refractivity contribution is 7.17. The zero-order valence-corrected chi connectivity index (χ0v) is 13.3. The van der Waals surface area contributed by atoms with Gasteiger partial charge in [-0.2, -0.15) is 4.39 Å². The van der Waals surface area contributed by atoms with Gasteiger partial charge in [-0.15, -0.1) is 11.3 Å². The Kier molecular flexibility index (Phi) is 3.16. The highest BCUT2D eigenvalue weighted by Crippen LogP contribution is 2.52. The van der Waals surface area contributed by atoms with Crippen LogP contribution >= 0.6 is 11.3 Å². The first kappa shape index (κ1) is 13.5. The standard InChI is InChI=1S/C18H20FNS/c1-20(2)10-15-11-3-4-12(7-11)18(15)13-5-6-16-14(8-13)9-17(19)21-16/h5-6,8-9,11-12H,3-4,7,10H2,1-2H3. The Bertz CT molecular complexity index is 728. The summed E-state index contributed by atoms with van der Waals surface area (Å²) in [6.45, 7) is 1.06. The predicted octanol–water partition coefficient (Wildman–Crippen LogP) is 4.79. The van der Waals surface area contributed by atoms with Gasteiger partial charge >= 0.3 is 0 Å². The van der Waals surface area contributed by atoms with Crippen molar-refractivity contribution < 1.29 is 4.39 Å². The molecule has 2 aliphatic carbocycles. The Morgan fingerprint density at radius 2 is 2.00 bits per heavy atom. The second-order valence-corrected chi connectivity index (χ2v) is 7.72. The largest absolute Gasteiger partial charge is 0.305 e. The van der Waals surface area contributed by atoms with E-state index in [1.807, 2.05) is 0 Å². The van der Waals surface area contributed by atoms with Gasteiger partial charge in [-0.25, -0.2) is 0 Å². The summed E-state index contributed by atoms with van der Waals surface area (Å²) in [6.07, 6.45) is 4.01. The molecule has 1 fully saturated rings. The van der Waals surface area contributed by atoms with Gasteiger partial charge in [0.2, 0.25) is 0 Å². The average Bonchev–Trinajstić information content (AvgIpc) is 3.09. The fourth-order valence-corrected chi connectivity index (χ4v) is 4.96.